The van der Waals surface area contributed by atoms with Crippen molar-refractivity contribution in [3.05, 3.63) is 35.2 Å². The maximum atomic E-state index is 12.4. The van der Waals surface area contributed by atoms with Crippen LogP contribution in [-0.2, 0) is 4.79 Å². The minimum atomic E-state index is -0.914. The monoisotopic (exact) mass is 275 g/mol. The summed E-state index contributed by atoms with van der Waals surface area (Å²) in [4.78, 5) is 25.0. The van der Waals surface area contributed by atoms with Crippen molar-refractivity contribution in [1.82, 2.24) is 4.90 Å². The van der Waals surface area contributed by atoms with Gasteiger partial charge in [0.15, 0.2) is 0 Å². The Morgan fingerprint density at radius 1 is 1.32 bits per heavy atom. The van der Waals surface area contributed by atoms with Crippen LogP contribution < -0.4 is 0 Å². The van der Waals surface area contributed by atoms with E-state index >= 15 is 0 Å². The molecule has 4 nitrogen and oxygen atoms in total. The molecule has 1 saturated heterocycles. The van der Waals surface area contributed by atoms with Gasteiger partial charge in [-0.15, -0.1) is 11.3 Å². The van der Waals surface area contributed by atoms with Crippen molar-refractivity contribution in [3.63, 3.8) is 0 Å². The third-order valence-electron chi connectivity index (χ3n) is 3.50. The number of carbonyl (C=O) groups is 2. The van der Waals surface area contributed by atoms with Gasteiger partial charge in [-0.1, -0.05) is 0 Å². The summed E-state index contributed by atoms with van der Waals surface area (Å²) in [7, 11) is 0. The zero-order chi connectivity index (χ0) is 13.4. The quantitative estimate of drug-likeness (QED) is 0.916. The number of carboxylic acids is 1. The molecule has 3 rings (SSSR count). The summed E-state index contributed by atoms with van der Waals surface area (Å²) in [5.74, 6) is -1.10. The van der Waals surface area contributed by atoms with E-state index in [2.05, 4.69) is 0 Å². The lowest BCUT2D eigenvalue weighted by atomic mass is 10.1. The number of likely N-dealkylation sites (tertiary alicyclic amines) is 1. The summed E-state index contributed by atoms with van der Waals surface area (Å²) in [5.41, 5.74) is 0.569. The topological polar surface area (TPSA) is 57.6 Å². The molecule has 0 aliphatic carbocycles. The molecule has 0 saturated carbocycles. The van der Waals surface area contributed by atoms with Crippen molar-refractivity contribution < 1.29 is 14.7 Å². The number of thiophene rings is 1. The van der Waals surface area contributed by atoms with E-state index in [-0.39, 0.29) is 5.91 Å². The Balaban J connectivity index is 1.92. The Morgan fingerprint density at radius 3 is 2.95 bits per heavy atom. The first-order valence-electron chi connectivity index (χ1n) is 6.18. The average molecular weight is 275 g/mol. The van der Waals surface area contributed by atoms with E-state index in [1.165, 1.54) is 4.90 Å². The second-order valence-electron chi connectivity index (χ2n) is 4.67. The molecule has 1 N–H and O–H groups in total. The van der Waals surface area contributed by atoms with E-state index in [4.69, 9.17) is 5.11 Å². The van der Waals surface area contributed by atoms with E-state index in [0.717, 1.165) is 16.5 Å². The van der Waals surface area contributed by atoms with Crippen LogP contribution in [0.5, 0.6) is 0 Å². The van der Waals surface area contributed by atoms with Crippen LogP contribution in [-0.4, -0.2) is 34.5 Å². The molecular formula is C14H13NO3S. The molecule has 0 radical (unpaired) electrons. The maximum absolute atomic E-state index is 12.4. The zero-order valence-electron chi connectivity index (χ0n) is 10.2. The third kappa shape index (κ3) is 2.10. The Bertz CT molecular complexity index is 649. The molecule has 0 unspecified atom stereocenters. The minimum Gasteiger partial charge on any atom is -0.480 e. The predicted molar refractivity (Wildman–Crippen MR) is 73.5 cm³/mol. The number of fused-ring (bicyclic) bond motifs is 1. The van der Waals surface area contributed by atoms with Crippen molar-refractivity contribution in [1.29, 1.82) is 0 Å². The fourth-order valence-electron chi connectivity index (χ4n) is 2.53. The number of rotatable bonds is 2. The van der Waals surface area contributed by atoms with Gasteiger partial charge in [0.1, 0.15) is 6.04 Å². The van der Waals surface area contributed by atoms with E-state index in [1.807, 2.05) is 23.6 Å². The molecular weight excluding hydrogens is 262 g/mol. The highest BCUT2D eigenvalue weighted by molar-refractivity contribution is 7.17. The van der Waals surface area contributed by atoms with Gasteiger partial charge in [-0.25, -0.2) is 4.79 Å². The molecule has 98 valence electrons. The van der Waals surface area contributed by atoms with Crippen LogP contribution in [0, 0.1) is 0 Å². The molecule has 1 fully saturated rings. The molecule has 1 aliphatic heterocycles. The lowest BCUT2D eigenvalue weighted by Gasteiger charge is -2.21. The highest BCUT2D eigenvalue weighted by Gasteiger charge is 2.34. The predicted octanol–water partition coefficient (Wildman–Crippen LogP) is 2.59. The summed E-state index contributed by atoms with van der Waals surface area (Å²) in [6.45, 7) is 0.525. The number of nitrogens with zero attached hydrogens (tertiary/aromatic N) is 1. The number of hydrogen-bond acceptors (Lipinski definition) is 3. The normalized spacial score (nSPS) is 18.9. The molecule has 2 aromatic rings. The van der Waals surface area contributed by atoms with Crippen LogP contribution in [0.1, 0.15) is 23.2 Å². The molecule has 1 aromatic heterocycles. The molecule has 1 aromatic carbocycles. The number of carbonyl (C=O) groups excluding carboxylic acids is 1. The number of hydrogen-bond donors (Lipinski definition) is 1. The van der Waals surface area contributed by atoms with Crippen molar-refractivity contribution in [2.45, 2.75) is 18.9 Å². The summed E-state index contributed by atoms with van der Waals surface area (Å²) in [5, 5.41) is 12.1. The van der Waals surface area contributed by atoms with Gasteiger partial charge in [-0.05, 0) is 47.9 Å². The molecule has 0 bridgehead atoms. The van der Waals surface area contributed by atoms with Gasteiger partial charge in [0.05, 0.1) is 0 Å². The van der Waals surface area contributed by atoms with Gasteiger partial charge in [0, 0.05) is 16.8 Å². The van der Waals surface area contributed by atoms with Gasteiger partial charge in [0.2, 0.25) is 0 Å². The SMILES string of the molecule is O=C(O)[C@@H]1CCCN1C(=O)c1ccc2sccc2c1. The first-order valence-corrected chi connectivity index (χ1v) is 7.06. The van der Waals surface area contributed by atoms with Crippen LogP contribution >= 0.6 is 11.3 Å². The Morgan fingerprint density at radius 2 is 2.16 bits per heavy atom. The van der Waals surface area contributed by atoms with Gasteiger partial charge in [-0.3, -0.25) is 4.79 Å². The highest BCUT2D eigenvalue weighted by atomic mass is 32.1. The second kappa shape index (κ2) is 4.66. The van der Waals surface area contributed by atoms with Crippen molar-refractivity contribution in [3.8, 4) is 0 Å². The highest BCUT2D eigenvalue weighted by Crippen LogP contribution is 2.25. The van der Waals surface area contributed by atoms with Crippen molar-refractivity contribution in [2.75, 3.05) is 6.54 Å². The van der Waals surface area contributed by atoms with E-state index in [9.17, 15) is 9.59 Å². The molecule has 1 aliphatic rings. The van der Waals surface area contributed by atoms with Crippen LogP contribution in [0.2, 0.25) is 0 Å². The first kappa shape index (κ1) is 12.2. The first-order chi connectivity index (χ1) is 9.16. The Kier molecular flexibility index (Phi) is 2.98. The summed E-state index contributed by atoms with van der Waals surface area (Å²) < 4.78 is 1.13. The fraction of sp³-hybridized carbons (Fsp3) is 0.286. The maximum Gasteiger partial charge on any atom is 0.326 e. The number of benzene rings is 1. The molecule has 1 atom stereocenters. The lowest BCUT2D eigenvalue weighted by Crippen LogP contribution is -2.40. The third-order valence-corrected chi connectivity index (χ3v) is 4.40. The minimum absolute atomic E-state index is 0.182. The van der Waals surface area contributed by atoms with Gasteiger partial charge in [0.25, 0.3) is 5.91 Å². The van der Waals surface area contributed by atoms with E-state index < -0.39 is 12.0 Å². The van der Waals surface area contributed by atoms with Crippen LogP contribution in [0.4, 0.5) is 0 Å². The van der Waals surface area contributed by atoms with Gasteiger partial charge < -0.3 is 10.0 Å². The molecule has 0 spiro atoms. The standard InChI is InChI=1S/C14H13NO3S/c16-13(15-6-1-2-11(15)14(17)18)10-3-4-12-9(8-10)5-7-19-12/h3-5,7-8,11H,1-2,6H2,(H,17,18)/t11-/m0/s1. The average Bonchev–Trinajstić information content (AvgIpc) is 3.05. The Labute approximate surface area is 114 Å². The smallest absolute Gasteiger partial charge is 0.326 e. The zero-order valence-corrected chi connectivity index (χ0v) is 11.0. The van der Waals surface area contributed by atoms with Crippen LogP contribution in [0.25, 0.3) is 10.1 Å². The number of aliphatic carboxylic acids is 1. The fourth-order valence-corrected chi connectivity index (χ4v) is 3.30. The second-order valence-corrected chi connectivity index (χ2v) is 5.62. The molecule has 5 heteroatoms. The molecule has 1 amide bonds. The summed E-state index contributed by atoms with van der Waals surface area (Å²) in [6, 6.07) is 6.82. The van der Waals surface area contributed by atoms with Crippen LogP contribution in [0.3, 0.4) is 0 Å². The Hall–Kier alpha value is -1.88. The van der Waals surface area contributed by atoms with E-state index in [0.29, 0.717) is 18.5 Å². The molecule has 19 heavy (non-hydrogen) atoms. The van der Waals surface area contributed by atoms with Crippen molar-refractivity contribution >= 4 is 33.3 Å². The number of amides is 1. The van der Waals surface area contributed by atoms with Gasteiger partial charge >= 0.3 is 5.97 Å². The summed E-state index contributed by atoms with van der Waals surface area (Å²) >= 11 is 1.63. The largest absolute Gasteiger partial charge is 0.480 e. The van der Waals surface area contributed by atoms with E-state index in [1.54, 1.807) is 17.4 Å². The van der Waals surface area contributed by atoms with Gasteiger partial charge in [-0.2, -0.15) is 0 Å². The lowest BCUT2D eigenvalue weighted by molar-refractivity contribution is -0.141. The van der Waals surface area contributed by atoms with Crippen LogP contribution in [0.15, 0.2) is 29.6 Å². The summed E-state index contributed by atoms with van der Waals surface area (Å²) in [6.07, 6.45) is 1.30. The van der Waals surface area contributed by atoms with Crippen molar-refractivity contribution in [2.24, 2.45) is 0 Å². The number of carboxylic acid groups (broad SMARTS) is 1. The molecule has 2 heterocycles.